The molecule has 1 heterocycles. The fraction of sp³-hybridized carbons (Fsp3) is 0.158. The first kappa shape index (κ1) is 15.8. The van der Waals surface area contributed by atoms with Gasteiger partial charge in [0.15, 0.2) is 0 Å². The number of carbonyl (C=O) groups excluding carboxylic acids is 1. The summed E-state index contributed by atoms with van der Waals surface area (Å²) in [5, 5.41) is 4.14. The van der Waals surface area contributed by atoms with E-state index >= 15 is 0 Å². The fourth-order valence-electron chi connectivity index (χ4n) is 2.51. The average Bonchev–Trinajstić information content (AvgIpc) is 2.59. The lowest BCUT2D eigenvalue weighted by atomic mass is 10.1. The number of hydrogen-bond donors (Lipinski definition) is 1. The second-order valence-corrected chi connectivity index (χ2v) is 5.62. The highest BCUT2D eigenvalue weighted by Crippen LogP contribution is 2.17. The van der Waals surface area contributed by atoms with Gasteiger partial charge in [-0.15, -0.1) is 0 Å². The second kappa shape index (κ2) is 6.58. The van der Waals surface area contributed by atoms with Gasteiger partial charge in [0.2, 0.25) is 5.91 Å². The molecule has 0 fully saturated rings. The van der Waals surface area contributed by atoms with Gasteiger partial charge in [-0.05, 0) is 48.7 Å². The average molecular weight is 322 g/mol. The van der Waals surface area contributed by atoms with Crippen LogP contribution in [0.3, 0.4) is 0 Å². The van der Waals surface area contributed by atoms with Crippen molar-refractivity contribution in [1.82, 2.24) is 4.57 Å². The van der Waals surface area contributed by atoms with Crippen LogP contribution in [-0.2, 0) is 11.3 Å². The van der Waals surface area contributed by atoms with Crippen LogP contribution in [0.2, 0.25) is 0 Å². The molecule has 0 spiro atoms. The molecular formula is C19H18N2O3. The van der Waals surface area contributed by atoms with Gasteiger partial charge in [0, 0.05) is 17.3 Å². The normalized spacial score (nSPS) is 10.6. The minimum atomic E-state index is -0.242. The summed E-state index contributed by atoms with van der Waals surface area (Å²) < 4.78 is 6.56. The zero-order valence-corrected chi connectivity index (χ0v) is 13.6. The lowest BCUT2D eigenvalue weighted by molar-refractivity contribution is -0.116. The number of aryl methyl sites for hydroxylation is 1. The van der Waals surface area contributed by atoms with Crippen LogP contribution in [-0.4, -0.2) is 17.6 Å². The maximum atomic E-state index is 12.5. The van der Waals surface area contributed by atoms with Crippen LogP contribution in [0, 0.1) is 6.92 Å². The van der Waals surface area contributed by atoms with Crippen molar-refractivity contribution in [1.29, 1.82) is 0 Å². The molecule has 1 amide bonds. The lowest BCUT2D eigenvalue weighted by Gasteiger charge is -2.09. The van der Waals surface area contributed by atoms with Gasteiger partial charge < -0.3 is 14.6 Å². The highest BCUT2D eigenvalue weighted by Gasteiger charge is 2.08. The lowest BCUT2D eigenvalue weighted by Crippen LogP contribution is -2.27. The van der Waals surface area contributed by atoms with Crippen LogP contribution in [0.5, 0.6) is 5.75 Å². The third-order valence-electron chi connectivity index (χ3n) is 3.83. The number of nitrogens with zero attached hydrogens (tertiary/aromatic N) is 1. The molecule has 0 unspecified atom stereocenters. The smallest absolute Gasteiger partial charge is 0.258 e. The number of fused-ring (bicyclic) bond motifs is 1. The molecule has 5 nitrogen and oxygen atoms in total. The molecule has 0 aliphatic rings. The van der Waals surface area contributed by atoms with Crippen molar-refractivity contribution < 1.29 is 9.53 Å². The maximum absolute atomic E-state index is 12.5. The fourth-order valence-corrected chi connectivity index (χ4v) is 2.51. The number of anilines is 1. The molecule has 0 aliphatic heterocycles. The van der Waals surface area contributed by atoms with Gasteiger partial charge in [-0.1, -0.05) is 17.7 Å². The van der Waals surface area contributed by atoms with E-state index in [1.165, 1.54) is 4.57 Å². The van der Waals surface area contributed by atoms with Crippen LogP contribution in [0.4, 0.5) is 5.69 Å². The van der Waals surface area contributed by atoms with E-state index in [9.17, 15) is 9.59 Å². The molecule has 3 aromatic rings. The molecular weight excluding hydrogens is 304 g/mol. The molecule has 0 atom stereocenters. The van der Waals surface area contributed by atoms with E-state index in [4.69, 9.17) is 4.74 Å². The monoisotopic (exact) mass is 322 g/mol. The van der Waals surface area contributed by atoms with E-state index in [2.05, 4.69) is 5.32 Å². The molecule has 122 valence electrons. The molecule has 0 bridgehead atoms. The van der Waals surface area contributed by atoms with Crippen molar-refractivity contribution in [2.75, 3.05) is 12.4 Å². The number of carbonyl (C=O) groups is 1. The third kappa shape index (κ3) is 3.30. The summed E-state index contributed by atoms with van der Waals surface area (Å²) in [5.41, 5.74) is 1.63. The Balaban J connectivity index is 1.82. The van der Waals surface area contributed by atoms with Gasteiger partial charge in [-0.3, -0.25) is 9.59 Å². The standard InChI is InChI=1S/C19H18N2O3/c1-13-3-5-15(6-4-13)20-18(22)12-21-10-9-14-11-16(24-2)7-8-17(14)19(21)23/h3-11H,12H2,1-2H3,(H,20,22). The van der Waals surface area contributed by atoms with E-state index in [-0.39, 0.29) is 18.0 Å². The third-order valence-corrected chi connectivity index (χ3v) is 3.83. The molecule has 2 aromatic carbocycles. The molecule has 1 N–H and O–H groups in total. The van der Waals surface area contributed by atoms with Crippen molar-refractivity contribution in [2.45, 2.75) is 13.5 Å². The number of methoxy groups -OCH3 is 1. The van der Waals surface area contributed by atoms with Gasteiger partial charge in [-0.2, -0.15) is 0 Å². The number of ether oxygens (including phenoxy) is 1. The summed E-state index contributed by atoms with van der Waals surface area (Å²) in [6.45, 7) is 1.95. The maximum Gasteiger partial charge on any atom is 0.258 e. The highest BCUT2D eigenvalue weighted by molar-refractivity contribution is 5.91. The summed E-state index contributed by atoms with van der Waals surface area (Å²) in [7, 11) is 1.58. The molecule has 0 saturated heterocycles. The van der Waals surface area contributed by atoms with E-state index in [0.717, 1.165) is 10.9 Å². The predicted molar refractivity (Wildman–Crippen MR) is 94.6 cm³/mol. The molecule has 0 saturated carbocycles. The Morgan fingerprint density at radius 2 is 1.88 bits per heavy atom. The SMILES string of the molecule is COc1ccc2c(=O)n(CC(=O)Nc3ccc(C)cc3)ccc2c1. The van der Waals surface area contributed by atoms with Gasteiger partial charge in [0.1, 0.15) is 12.3 Å². The first-order chi connectivity index (χ1) is 11.6. The number of pyridine rings is 1. The molecule has 1 aromatic heterocycles. The molecule has 0 aliphatic carbocycles. The van der Waals surface area contributed by atoms with Crippen molar-refractivity contribution in [3.63, 3.8) is 0 Å². The summed E-state index contributed by atoms with van der Waals surface area (Å²) in [6.07, 6.45) is 1.62. The first-order valence-corrected chi connectivity index (χ1v) is 7.60. The summed E-state index contributed by atoms with van der Waals surface area (Å²) in [4.78, 5) is 24.7. The van der Waals surface area contributed by atoms with Gasteiger partial charge >= 0.3 is 0 Å². The van der Waals surface area contributed by atoms with Crippen LogP contribution in [0.15, 0.2) is 59.5 Å². The Morgan fingerprint density at radius 1 is 1.12 bits per heavy atom. The van der Waals surface area contributed by atoms with Crippen molar-refractivity contribution in [2.24, 2.45) is 0 Å². The van der Waals surface area contributed by atoms with E-state index in [1.807, 2.05) is 31.2 Å². The van der Waals surface area contributed by atoms with Crippen LogP contribution in [0.1, 0.15) is 5.56 Å². The van der Waals surface area contributed by atoms with Crippen LogP contribution >= 0.6 is 0 Å². The predicted octanol–water partition coefficient (Wildman–Crippen LogP) is 2.96. The van der Waals surface area contributed by atoms with E-state index in [0.29, 0.717) is 16.8 Å². The summed E-state index contributed by atoms with van der Waals surface area (Å²) in [6, 6.07) is 14.6. The molecule has 0 radical (unpaired) electrons. The molecule has 5 heteroatoms. The van der Waals surface area contributed by atoms with Crippen molar-refractivity contribution in [3.8, 4) is 5.75 Å². The minimum absolute atomic E-state index is 0.0331. The van der Waals surface area contributed by atoms with Crippen LogP contribution in [0.25, 0.3) is 10.8 Å². The van der Waals surface area contributed by atoms with E-state index < -0.39 is 0 Å². The minimum Gasteiger partial charge on any atom is -0.497 e. The van der Waals surface area contributed by atoms with Gasteiger partial charge in [0.05, 0.1) is 7.11 Å². The van der Waals surface area contributed by atoms with Gasteiger partial charge in [0.25, 0.3) is 5.56 Å². The Hall–Kier alpha value is -3.08. The Kier molecular flexibility index (Phi) is 4.33. The van der Waals surface area contributed by atoms with Crippen molar-refractivity contribution in [3.05, 3.63) is 70.6 Å². The van der Waals surface area contributed by atoms with Crippen molar-refractivity contribution >= 4 is 22.4 Å². The summed E-state index contributed by atoms with van der Waals surface area (Å²) in [5.74, 6) is 0.450. The van der Waals surface area contributed by atoms with Gasteiger partial charge in [-0.25, -0.2) is 0 Å². The number of benzene rings is 2. The number of aromatic nitrogens is 1. The quantitative estimate of drug-likeness (QED) is 0.803. The van der Waals surface area contributed by atoms with Crippen LogP contribution < -0.4 is 15.6 Å². The summed E-state index contributed by atoms with van der Waals surface area (Å²) >= 11 is 0. The molecule has 3 rings (SSSR count). The number of nitrogens with one attached hydrogen (secondary N) is 1. The number of hydrogen-bond acceptors (Lipinski definition) is 3. The largest absolute Gasteiger partial charge is 0.497 e. The Labute approximate surface area is 139 Å². The first-order valence-electron chi connectivity index (χ1n) is 7.60. The molecule has 24 heavy (non-hydrogen) atoms. The highest BCUT2D eigenvalue weighted by atomic mass is 16.5. The van der Waals surface area contributed by atoms with E-state index in [1.54, 1.807) is 37.6 Å². The zero-order valence-electron chi connectivity index (χ0n) is 13.6. The Bertz CT molecular complexity index is 943. The topological polar surface area (TPSA) is 60.3 Å². The Morgan fingerprint density at radius 3 is 2.58 bits per heavy atom. The second-order valence-electron chi connectivity index (χ2n) is 5.62. The zero-order chi connectivity index (χ0) is 17.1. The number of rotatable bonds is 4. The number of amides is 1.